The molecule has 0 saturated heterocycles. The molecule has 2 atom stereocenters. The van der Waals surface area contributed by atoms with Crippen molar-refractivity contribution in [2.24, 2.45) is 0 Å². The summed E-state index contributed by atoms with van der Waals surface area (Å²) >= 11 is 12.7. The van der Waals surface area contributed by atoms with Crippen LogP contribution in [0.3, 0.4) is 0 Å². The number of nitrogens with zero attached hydrogens (tertiary/aromatic N) is 2. The first-order valence-corrected chi connectivity index (χ1v) is 17.4. The Labute approximate surface area is 280 Å². The summed E-state index contributed by atoms with van der Waals surface area (Å²) in [5.41, 5.74) is 1.66. The van der Waals surface area contributed by atoms with E-state index in [4.69, 9.17) is 27.9 Å². The van der Waals surface area contributed by atoms with Crippen LogP contribution < -0.4 is 14.4 Å². The molecular weight excluding hydrogens is 645 g/mol. The van der Waals surface area contributed by atoms with Crippen molar-refractivity contribution in [3.63, 3.8) is 0 Å². The maximum absolute atomic E-state index is 14.3. The molecule has 0 radical (unpaired) electrons. The van der Waals surface area contributed by atoms with Gasteiger partial charge in [0.05, 0.1) is 11.9 Å². The zero-order valence-electron chi connectivity index (χ0n) is 25.9. The molecule has 0 aliphatic rings. The summed E-state index contributed by atoms with van der Waals surface area (Å²) in [4.78, 5) is 29.5. The highest BCUT2D eigenvalue weighted by Gasteiger charge is 2.33. The van der Waals surface area contributed by atoms with E-state index >= 15 is 0 Å². The molecule has 2 amide bonds. The molecule has 1 N–H and O–H groups in total. The number of rotatable bonds is 14. The normalized spacial score (nSPS) is 12.5. The maximum atomic E-state index is 14.3. The molecule has 11 heteroatoms. The van der Waals surface area contributed by atoms with E-state index < -0.39 is 28.5 Å². The first kappa shape index (κ1) is 34.8. The highest BCUT2D eigenvalue weighted by atomic mass is 35.5. The van der Waals surface area contributed by atoms with Crippen molar-refractivity contribution in [1.82, 2.24) is 10.2 Å². The van der Waals surface area contributed by atoms with Gasteiger partial charge in [-0.15, -0.1) is 0 Å². The van der Waals surface area contributed by atoms with Crippen molar-refractivity contribution in [2.45, 2.75) is 45.3 Å². The Morgan fingerprint density at radius 3 is 2.07 bits per heavy atom. The number of nitrogens with one attached hydrogen (secondary N) is 1. The number of halogens is 2. The number of carbonyl (C=O) groups excluding carboxylic acids is 2. The second-order valence-electron chi connectivity index (χ2n) is 11.0. The fraction of sp³-hybridized carbons (Fsp3) is 0.257. The fourth-order valence-electron chi connectivity index (χ4n) is 4.75. The monoisotopic (exact) mass is 681 g/mol. The van der Waals surface area contributed by atoms with E-state index in [0.717, 1.165) is 16.1 Å². The Balaban J connectivity index is 1.70. The third kappa shape index (κ3) is 9.72. The SMILES string of the molecule is CC[C@@H](C)NC(=O)[C@@H](Cc1ccccc1)N(Cc1ccc(Cl)cc1Cl)C(=O)CN(c1ccc(Oc2ccccc2)cc1)S(C)(=O)=O. The van der Waals surface area contributed by atoms with Crippen LogP contribution in [0, 0.1) is 0 Å². The van der Waals surface area contributed by atoms with Crippen LogP contribution in [-0.2, 0) is 32.6 Å². The molecule has 0 saturated carbocycles. The minimum atomic E-state index is -3.93. The molecule has 4 rings (SSSR count). The molecule has 0 bridgehead atoms. The van der Waals surface area contributed by atoms with Crippen LogP contribution in [0.25, 0.3) is 0 Å². The van der Waals surface area contributed by atoms with Crippen molar-refractivity contribution >= 4 is 50.7 Å². The second-order valence-corrected chi connectivity index (χ2v) is 13.7. The molecule has 0 spiro atoms. The lowest BCUT2D eigenvalue weighted by Gasteiger charge is -2.34. The van der Waals surface area contributed by atoms with Crippen LogP contribution in [0.5, 0.6) is 11.5 Å². The van der Waals surface area contributed by atoms with Crippen LogP contribution in [0.1, 0.15) is 31.4 Å². The molecule has 0 unspecified atom stereocenters. The number of anilines is 1. The third-order valence-electron chi connectivity index (χ3n) is 7.41. The number of ether oxygens (including phenoxy) is 1. The molecule has 0 heterocycles. The van der Waals surface area contributed by atoms with Crippen molar-refractivity contribution in [2.75, 3.05) is 17.1 Å². The van der Waals surface area contributed by atoms with Crippen LogP contribution in [-0.4, -0.2) is 50.0 Å². The Hall–Kier alpha value is -4.05. The summed E-state index contributed by atoms with van der Waals surface area (Å²) < 4.78 is 33.1. The number of benzene rings is 4. The average molecular weight is 683 g/mol. The van der Waals surface area contributed by atoms with Gasteiger partial charge in [0, 0.05) is 29.1 Å². The summed E-state index contributed by atoms with van der Waals surface area (Å²) in [7, 11) is -3.93. The number of hydrogen-bond donors (Lipinski definition) is 1. The van der Waals surface area contributed by atoms with Gasteiger partial charge in [0.15, 0.2) is 0 Å². The van der Waals surface area contributed by atoms with Gasteiger partial charge in [-0.2, -0.15) is 0 Å². The molecule has 0 aliphatic heterocycles. The van der Waals surface area contributed by atoms with Gasteiger partial charge in [-0.25, -0.2) is 8.42 Å². The number of sulfonamides is 1. The van der Waals surface area contributed by atoms with Crippen molar-refractivity contribution in [3.8, 4) is 11.5 Å². The standard InChI is InChI=1S/C35H37Cl2N3O5S/c1-4-25(2)38-35(42)33(21-26-11-7-5-8-12-26)39(23-27-15-16-28(36)22-32(27)37)34(41)24-40(46(3,43)44)29-17-19-31(20-18-29)45-30-13-9-6-10-14-30/h5-20,22,25,33H,4,21,23-24H2,1-3H3,(H,38,42)/t25-,33-/m1/s1. The Morgan fingerprint density at radius 1 is 0.870 bits per heavy atom. The van der Waals surface area contributed by atoms with E-state index in [1.54, 1.807) is 54.6 Å². The highest BCUT2D eigenvalue weighted by molar-refractivity contribution is 7.92. The summed E-state index contributed by atoms with van der Waals surface area (Å²) in [5, 5.41) is 3.74. The van der Waals surface area contributed by atoms with Gasteiger partial charge in [0.25, 0.3) is 0 Å². The van der Waals surface area contributed by atoms with Gasteiger partial charge in [-0.3, -0.25) is 13.9 Å². The molecular formula is C35H37Cl2N3O5S. The minimum absolute atomic E-state index is 0.0539. The van der Waals surface area contributed by atoms with E-state index in [9.17, 15) is 18.0 Å². The molecule has 4 aromatic rings. The van der Waals surface area contributed by atoms with Gasteiger partial charge in [-0.1, -0.05) is 84.7 Å². The van der Waals surface area contributed by atoms with Crippen LogP contribution in [0.15, 0.2) is 103 Å². The summed E-state index contributed by atoms with van der Waals surface area (Å²) in [5.74, 6) is 0.187. The summed E-state index contributed by atoms with van der Waals surface area (Å²) in [6.45, 7) is 3.23. The lowest BCUT2D eigenvalue weighted by Crippen LogP contribution is -2.54. The first-order chi connectivity index (χ1) is 21.9. The highest BCUT2D eigenvalue weighted by Crippen LogP contribution is 2.27. The first-order valence-electron chi connectivity index (χ1n) is 14.8. The quantitative estimate of drug-likeness (QED) is 0.153. The molecule has 0 fully saturated rings. The van der Waals surface area contributed by atoms with Crippen molar-refractivity contribution < 1.29 is 22.7 Å². The molecule has 0 aliphatic carbocycles. The smallest absolute Gasteiger partial charge is 0.244 e. The lowest BCUT2D eigenvalue weighted by atomic mass is 10.0. The van der Waals surface area contributed by atoms with Crippen LogP contribution in [0.4, 0.5) is 5.69 Å². The van der Waals surface area contributed by atoms with Crippen LogP contribution >= 0.6 is 23.2 Å². The minimum Gasteiger partial charge on any atom is -0.457 e. The Morgan fingerprint density at radius 2 is 1.48 bits per heavy atom. The van der Waals surface area contributed by atoms with E-state index in [0.29, 0.717) is 33.5 Å². The number of para-hydroxylation sites is 1. The van der Waals surface area contributed by atoms with Crippen molar-refractivity contribution in [1.29, 1.82) is 0 Å². The third-order valence-corrected chi connectivity index (χ3v) is 9.14. The average Bonchev–Trinajstić information content (AvgIpc) is 3.03. The second kappa shape index (κ2) is 16.0. The van der Waals surface area contributed by atoms with Gasteiger partial charge < -0.3 is 15.0 Å². The molecule has 0 aromatic heterocycles. The zero-order chi connectivity index (χ0) is 33.3. The molecule has 4 aromatic carbocycles. The summed E-state index contributed by atoms with van der Waals surface area (Å²) in [6.07, 6.45) is 1.92. The fourth-order valence-corrected chi connectivity index (χ4v) is 6.07. The van der Waals surface area contributed by atoms with E-state index in [2.05, 4.69) is 5.32 Å². The molecule has 46 heavy (non-hydrogen) atoms. The topological polar surface area (TPSA) is 96.0 Å². The maximum Gasteiger partial charge on any atom is 0.244 e. The van der Waals surface area contributed by atoms with E-state index in [1.165, 1.54) is 4.90 Å². The lowest BCUT2D eigenvalue weighted by molar-refractivity contribution is -0.140. The summed E-state index contributed by atoms with van der Waals surface area (Å²) in [6, 6.07) is 28.7. The van der Waals surface area contributed by atoms with Gasteiger partial charge in [0.1, 0.15) is 24.1 Å². The van der Waals surface area contributed by atoms with Crippen LogP contribution in [0.2, 0.25) is 10.0 Å². The molecule has 242 valence electrons. The predicted octanol–water partition coefficient (Wildman–Crippen LogP) is 7.11. The Kier molecular flexibility index (Phi) is 12.1. The number of carbonyl (C=O) groups is 2. The predicted molar refractivity (Wildman–Crippen MR) is 184 cm³/mol. The Bertz CT molecular complexity index is 1720. The largest absolute Gasteiger partial charge is 0.457 e. The number of hydrogen-bond acceptors (Lipinski definition) is 5. The number of amides is 2. The molecule has 8 nitrogen and oxygen atoms in total. The van der Waals surface area contributed by atoms with E-state index in [1.807, 2.05) is 62.4 Å². The van der Waals surface area contributed by atoms with Crippen molar-refractivity contribution in [3.05, 3.63) is 124 Å². The zero-order valence-corrected chi connectivity index (χ0v) is 28.2. The van der Waals surface area contributed by atoms with Gasteiger partial charge in [0.2, 0.25) is 21.8 Å². The van der Waals surface area contributed by atoms with E-state index in [-0.39, 0.29) is 30.6 Å². The van der Waals surface area contributed by atoms with Gasteiger partial charge in [-0.05, 0) is 73.0 Å². The van der Waals surface area contributed by atoms with Gasteiger partial charge >= 0.3 is 0 Å².